The molecular weight excluding hydrogens is 384 g/mol. The fraction of sp³-hybridized carbons (Fsp3) is 0.238. The number of amides is 1. The van der Waals surface area contributed by atoms with Crippen molar-refractivity contribution in [2.75, 3.05) is 18.5 Å². The molecule has 0 saturated heterocycles. The van der Waals surface area contributed by atoms with Crippen molar-refractivity contribution in [3.05, 3.63) is 59.7 Å². The minimum Gasteiger partial charge on any atom is -0.490 e. The van der Waals surface area contributed by atoms with Gasteiger partial charge in [0.25, 0.3) is 5.91 Å². The molecule has 2 aromatic carbocycles. The second-order valence-electron chi connectivity index (χ2n) is 6.26. The standard InChI is InChI=1S/C21H19F2NO5/c1-13(21(26)24-20-15(22)4-2-5-16(20)23)29-19(25)9-7-14-6-8-17-18(12-14)28-11-3-10-27-17/h2,4-9,12-13H,3,10-11H2,1H3,(H,24,26)/b9-7+/t13-/m1/s1. The van der Waals surface area contributed by atoms with Gasteiger partial charge in [0.1, 0.15) is 17.3 Å². The van der Waals surface area contributed by atoms with Crippen LogP contribution in [-0.4, -0.2) is 31.2 Å². The van der Waals surface area contributed by atoms with E-state index in [0.717, 1.165) is 24.6 Å². The van der Waals surface area contributed by atoms with Crippen molar-refractivity contribution in [1.29, 1.82) is 0 Å². The Morgan fingerprint density at radius 1 is 1.10 bits per heavy atom. The maximum Gasteiger partial charge on any atom is 0.331 e. The number of esters is 1. The van der Waals surface area contributed by atoms with Gasteiger partial charge in [-0.05, 0) is 42.8 Å². The predicted octanol–water partition coefficient (Wildman–Crippen LogP) is 3.71. The normalized spacial score (nSPS) is 14.2. The third-order valence-corrected chi connectivity index (χ3v) is 4.06. The number of carbonyl (C=O) groups is 2. The maximum absolute atomic E-state index is 13.6. The number of fused-ring (bicyclic) bond motifs is 1. The van der Waals surface area contributed by atoms with Crippen molar-refractivity contribution < 1.29 is 32.6 Å². The number of hydrogen-bond donors (Lipinski definition) is 1. The van der Waals surface area contributed by atoms with Crippen molar-refractivity contribution in [3.8, 4) is 11.5 Å². The number of rotatable bonds is 5. The van der Waals surface area contributed by atoms with Crippen LogP contribution in [0.15, 0.2) is 42.5 Å². The Balaban J connectivity index is 1.58. The van der Waals surface area contributed by atoms with Gasteiger partial charge in [0.05, 0.1) is 13.2 Å². The Labute approximate surface area is 166 Å². The molecule has 8 heteroatoms. The van der Waals surface area contributed by atoms with Gasteiger partial charge in [0.15, 0.2) is 17.6 Å². The van der Waals surface area contributed by atoms with Crippen LogP contribution in [0.5, 0.6) is 11.5 Å². The van der Waals surface area contributed by atoms with Crippen LogP contribution in [0.3, 0.4) is 0 Å². The molecule has 0 radical (unpaired) electrons. The van der Waals surface area contributed by atoms with E-state index in [-0.39, 0.29) is 0 Å². The van der Waals surface area contributed by atoms with Crippen LogP contribution in [0, 0.1) is 11.6 Å². The van der Waals surface area contributed by atoms with Gasteiger partial charge < -0.3 is 19.5 Å². The summed E-state index contributed by atoms with van der Waals surface area (Å²) in [5.74, 6) is -2.27. The quantitative estimate of drug-likeness (QED) is 0.609. The molecule has 0 spiro atoms. The summed E-state index contributed by atoms with van der Waals surface area (Å²) >= 11 is 0. The van der Waals surface area contributed by atoms with Crippen molar-refractivity contribution in [2.45, 2.75) is 19.4 Å². The third-order valence-electron chi connectivity index (χ3n) is 4.06. The number of hydrogen-bond acceptors (Lipinski definition) is 5. The number of carbonyl (C=O) groups excluding carboxylic acids is 2. The first kappa shape index (κ1) is 20.3. The number of ether oxygens (including phenoxy) is 3. The monoisotopic (exact) mass is 403 g/mol. The first-order chi connectivity index (χ1) is 13.9. The van der Waals surface area contributed by atoms with Crippen molar-refractivity contribution >= 4 is 23.6 Å². The van der Waals surface area contributed by atoms with Crippen LogP contribution in [0.4, 0.5) is 14.5 Å². The molecule has 29 heavy (non-hydrogen) atoms. The van der Waals surface area contributed by atoms with E-state index in [0.29, 0.717) is 30.3 Å². The summed E-state index contributed by atoms with van der Waals surface area (Å²) in [6.07, 6.45) is 2.17. The molecule has 1 aliphatic heterocycles. The van der Waals surface area contributed by atoms with Crippen LogP contribution in [-0.2, 0) is 14.3 Å². The number of halogens is 2. The zero-order valence-corrected chi connectivity index (χ0v) is 15.6. The highest BCUT2D eigenvalue weighted by Crippen LogP contribution is 2.30. The molecule has 1 N–H and O–H groups in total. The topological polar surface area (TPSA) is 73.9 Å². The molecule has 0 aliphatic carbocycles. The Bertz CT molecular complexity index is 924. The number of para-hydroxylation sites is 1. The molecule has 0 unspecified atom stereocenters. The van der Waals surface area contributed by atoms with Gasteiger partial charge in [-0.3, -0.25) is 4.79 Å². The van der Waals surface area contributed by atoms with Gasteiger partial charge >= 0.3 is 5.97 Å². The molecule has 0 fully saturated rings. The minimum atomic E-state index is -1.25. The van der Waals surface area contributed by atoms with Gasteiger partial charge in [0.2, 0.25) is 0 Å². The van der Waals surface area contributed by atoms with Crippen LogP contribution in [0.25, 0.3) is 6.08 Å². The second-order valence-corrected chi connectivity index (χ2v) is 6.26. The molecule has 1 aliphatic rings. The van der Waals surface area contributed by atoms with Crippen molar-refractivity contribution in [2.24, 2.45) is 0 Å². The molecule has 1 amide bonds. The first-order valence-electron chi connectivity index (χ1n) is 8.97. The highest BCUT2D eigenvalue weighted by atomic mass is 19.1. The van der Waals surface area contributed by atoms with E-state index in [9.17, 15) is 18.4 Å². The molecule has 0 saturated carbocycles. The summed E-state index contributed by atoms with van der Waals surface area (Å²) in [5, 5.41) is 2.08. The molecule has 1 atom stereocenters. The molecule has 1 heterocycles. The van der Waals surface area contributed by atoms with Gasteiger partial charge in [-0.1, -0.05) is 12.1 Å². The summed E-state index contributed by atoms with van der Waals surface area (Å²) in [6, 6.07) is 8.40. The third kappa shape index (κ3) is 5.31. The fourth-order valence-corrected chi connectivity index (χ4v) is 2.56. The molecule has 6 nitrogen and oxygen atoms in total. The van der Waals surface area contributed by atoms with Gasteiger partial charge in [-0.2, -0.15) is 0 Å². The van der Waals surface area contributed by atoms with Crippen molar-refractivity contribution in [3.63, 3.8) is 0 Å². The average molecular weight is 403 g/mol. The Morgan fingerprint density at radius 2 is 1.79 bits per heavy atom. The van der Waals surface area contributed by atoms with E-state index in [1.807, 2.05) is 0 Å². The molecule has 152 valence electrons. The lowest BCUT2D eigenvalue weighted by Gasteiger charge is -2.13. The van der Waals surface area contributed by atoms with E-state index in [1.54, 1.807) is 18.2 Å². The Hall–Kier alpha value is -3.42. The minimum absolute atomic E-state index is 0.539. The fourth-order valence-electron chi connectivity index (χ4n) is 2.56. The van der Waals surface area contributed by atoms with E-state index >= 15 is 0 Å². The van der Waals surface area contributed by atoms with Gasteiger partial charge in [0, 0.05) is 12.5 Å². The van der Waals surface area contributed by atoms with Crippen molar-refractivity contribution in [1.82, 2.24) is 0 Å². The summed E-state index contributed by atoms with van der Waals surface area (Å²) in [4.78, 5) is 24.0. The highest BCUT2D eigenvalue weighted by Gasteiger charge is 2.20. The molecule has 3 rings (SSSR count). The zero-order valence-electron chi connectivity index (χ0n) is 15.6. The van der Waals surface area contributed by atoms with Crippen LogP contribution < -0.4 is 14.8 Å². The summed E-state index contributed by atoms with van der Waals surface area (Å²) < 4.78 is 43.3. The summed E-state index contributed by atoms with van der Waals surface area (Å²) in [5.41, 5.74) is 0.0832. The lowest BCUT2D eigenvalue weighted by Crippen LogP contribution is -2.30. The Kier molecular flexibility index (Phi) is 6.43. The molecule has 0 aromatic heterocycles. The first-order valence-corrected chi connectivity index (χ1v) is 8.97. The van der Waals surface area contributed by atoms with E-state index < -0.39 is 35.3 Å². The molecular formula is C21H19F2NO5. The van der Waals surface area contributed by atoms with E-state index in [1.165, 1.54) is 19.1 Å². The SMILES string of the molecule is C[C@@H](OC(=O)/C=C/c1ccc2c(c1)OCCCO2)C(=O)Nc1c(F)cccc1F. The van der Waals surface area contributed by atoms with Crippen LogP contribution in [0.1, 0.15) is 18.9 Å². The smallest absolute Gasteiger partial charge is 0.331 e. The lowest BCUT2D eigenvalue weighted by molar-refractivity contribution is -0.148. The summed E-state index contributed by atoms with van der Waals surface area (Å²) in [6.45, 7) is 2.41. The van der Waals surface area contributed by atoms with Gasteiger partial charge in [-0.25, -0.2) is 13.6 Å². The lowest BCUT2D eigenvalue weighted by atomic mass is 10.2. The predicted molar refractivity (Wildman–Crippen MR) is 102 cm³/mol. The highest BCUT2D eigenvalue weighted by molar-refractivity contribution is 5.96. The van der Waals surface area contributed by atoms with Crippen LogP contribution >= 0.6 is 0 Å². The second kappa shape index (κ2) is 9.18. The zero-order chi connectivity index (χ0) is 20.8. The van der Waals surface area contributed by atoms with Crippen LogP contribution in [0.2, 0.25) is 0 Å². The average Bonchev–Trinajstić information content (AvgIpc) is 2.94. The number of nitrogens with one attached hydrogen (secondary N) is 1. The summed E-state index contributed by atoms with van der Waals surface area (Å²) in [7, 11) is 0. The van der Waals surface area contributed by atoms with Gasteiger partial charge in [-0.15, -0.1) is 0 Å². The van der Waals surface area contributed by atoms with E-state index in [2.05, 4.69) is 5.32 Å². The number of benzene rings is 2. The molecule has 0 bridgehead atoms. The van der Waals surface area contributed by atoms with E-state index in [4.69, 9.17) is 14.2 Å². The molecule has 2 aromatic rings. The maximum atomic E-state index is 13.6. The number of anilines is 1. The largest absolute Gasteiger partial charge is 0.490 e. The Morgan fingerprint density at radius 3 is 2.52 bits per heavy atom.